The smallest absolute Gasteiger partial charge is 0.307 e. The van der Waals surface area contributed by atoms with Gasteiger partial charge in [0, 0.05) is 0 Å². The van der Waals surface area contributed by atoms with E-state index in [0.29, 0.717) is 33.4 Å². The molecule has 2 aromatic rings. The van der Waals surface area contributed by atoms with Crippen molar-refractivity contribution in [2.75, 3.05) is 5.32 Å². The zero-order valence-electron chi connectivity index (χ0n) is 16.3. The molecule has 0 spiro atoms. The standard InChI is InChI=1S/C21H23ClFN3O2S/c1-4-12(3)14(5-2)21(26-20(24)17-8-9-18(23)29-17)25-16-7-6-13(10-15(16)22)11-19(27)28/h6-10,25H,3-5,11H2,1-2H3,(H2,24,26)(H,27,28)/b21-14-. The van der Waals surface area contributed by atoms with Gasteiger partial charge in [-0.2, -0.15) is 4.39 Å². The Morgan fingerprint density at radius 3 is 2.55 bits per heavy atom. The number of carboxylic acids is 1. The van der Waals surface area contributed by atoms with Gasteiger partial charge < -0.3 is 16.2 Å². The predicted octanol–water partition coefficient (Wildman–Crippen LogP) is 5.57. The van der Waals surface area contributed by atoms with Crippen molar-refractivity contribution >= 4 is 40.4 Å². The summed E-state index contributed by atoms with van der Waals surface area (Å²) in [7, 11) is 0. The Bertz CT molecular complexity index is 982. The molecule has 2 rings (SSSR count). The number of carboxylic acid groups (broad SMARTS) is 1. The molecule has 1 aromatic carbocycles. The van der Waals surface area contributed by atoms with Crippen LogP contribution in [-0.2, 0) is 11.2 Å². The van der Waals surface area contributed by atoms with Gasteiger partial charge in [-0.05, 0) is 53.8 Å². The van der Waals surface area contributed by atoms with Crippen LogP contribution in [0.3, 0.4) is 0 Å². The Morgan fingerprint density at radius 2 is 2.03 bits per heavy atom. The van der Waals surface area contributed by atoms with E-state index in [1.807, 2.05) is 13.8 Å². The van der Waals surface area contributed by atoms with Crippen molar-refractivity contribution in [1.29, 1.82) is 0 Å². The van der Waals surface area contributed by atoms with Crippen molar-refractivity contribution < 1.29 is 14.3 Å². The lowest BCUT2D eigenvalue weighted by molar-refractivity contribution is -0.136. The van der Waals surface area contributed by atoms with Gasteiger partial charge in [-0.3, -0.25) is 4.79 Å². The summed E-state index contributed by atoms with van der Waals surface area (Å²) in [5.74, 6) is -0.288. The number of nitrogens with two attached hydrogens (primary N) is 1. The zero-order chi connectivity index (χ0) is 21.6. The minimum atomic E-state index is -0.935. The highest BCUT2D eigenvalue weighted by atomic mass is 35.5. The number of aliphatic carboxylic acids is 1. The Morgan fingerprint density at radius 1 is 1.31 bits per heavy atom. The van der Waals surface area contributed by atoms with Crippen LogP contribution in [0.2, 0.25) is 5.02 Å². The summed E-state index contributed by atoms with van der Waals surface area (Å²) in [6.07, 6.45) is 1.26. The van der Waals surface area contributed by atoms with Crippen LogP contribution in [0, 0.1) is 5.13 Å². The number of anilines is 1. The SMILES string of the molecule is C=C(CC)/C(CC)=C(\N=C(/N)c1ccc(F)s1)Nc1ccc(CC(=O)O)cc1Cl. The summed E-state index contributed by atoms with van der Waals surface area (Å²) in [4.78, 5) is 15.9. The van der Waals surface area contributed by atoms with E-state index in [2.05, 4.69) is 16.9 Å². The van der Waals surface area contributed by atoms with Gasteiger partial charge in [0.05, 0.1) is 22.0 Å². The normalized spacial score (nSPS) is 12.5. The topological polar surface area (TPSA) is 87.7 Å². The minimum absolute atomic E-state index is 0.120. The van der Waals surface area contributed by atoms with E-state index in [-0.39, 0.29) is 17.4 Å². The largest absolute Gasteiger partial charge is 0.481 e. The summed E-state index contributed by atoms with van der Waals surface area (Å²) >= 11 is 7.26. The van der Waals surface area contributed by atoms with Crippen LogP contribution in [0.1, 0.15) is 37.1 Å². The number of carbonyl (C=O) groups is 1. The Balaban J connectivity index is 2.47. The van der Waals surface area contributed by atoms with Crippen molar-refractivity contribution in [3.63, 3.8) is 0 Å². The van der Waals surface area contributed by atoms with Gasteiger partial charge >= 0.3 is 5.97 Å². The minimum Gasteiger partial charge on any atom is -0.481 e. The van der Waals surface area contributed by atoms with Gasteiger partial charge in [-0.25, -0.2) is 4.99 Å². The first-order valence-corrected chi connectivity index (χ1v) is 10.2. The molecule has 0 aliphatic carbocycles. The molecule has 0 aliphatic rings. The molecule has 8 heteroatoms. The summed E-state index contributed by atoms with van der Waals surface area (Å²) in [6.45, 7) is 8.07. The summed E-state index contributed by atoms with van der Waals surface area (Å²) in [5.41, 5.74) is 9.01. The van der Waals surface area contributed by atoms with Crippen LogP contribution in [0.15, 0.2) is 58.9 Å². The first-order chi connectivity index (χ1) is 13.7. The van der Waals surface area contributed by atoms with Crippen molar-refractivity contribution in [2.45, 2.75) is 33.1 Å². The van der Waals surface area contributed by atoms with Crippen LogP contribution in [0.4, 0.5) is 10.1 Å². The molecule has 29 heavy (non-hydrogen) atoms. The number of hydrogen-bond donors (Lipinski definition) is 3. The third kappa shape index (κ3) is 6.17. The highest BCUT2D eigenvalue weighted by Crippen LogP contribution is 2.29. The quantitative estimate of drug-likeness (QED) is 0.273. The fourth-order valence-corrected chi connectivity index (χ4v) is 3.55. The zero-order valence-corrected chi connectivity index (χ0v) is 17.8. The summed E-state index contributed by atoms with van der Waals surface area (Å²) in [5, 5.41) is 12.1. The second-order valence-corrected chi connectivity index (χ2v) is 7.69. The number of hydrogen-bond acceptors (Lipinski definition) is 4. The van der Waals surface area contributed by atoms with E-state index >= 15 is 0 Å². The molecule has 0 radical (unpaired) electrons. The van der Waals surface area contributed by atoms with Gasteiger partial charge in [0.2, 0.25) is 0 Å². The van der Waals surface area contributed by atoms with Gasteiger partial charge in [0.15, 0.2) is 5.13 Å². The maximum Gasteiger partial charge on any atom is 0.307 e. The molecule has 1 heterocycles. The monoisotopic (exact) mass is 435 g/mol. The first kappa shape index (κ1) is 22.6. The molecule has 1 aromatic heterocycles. The number of aliphatic imine (C=N–C) groups is 1. The molecule has 0 saturated carbocycles. The lowest BCUT2D eigenvalue weighted by Gasteiger charge is -2.16. The molecular weight excluding hydrogens is 413 g/mol. The molecule has 0 bridgehead atoms. The Kier molecular flexibility index (Phi) is 7.99. The number of allylic oxidation sites excluding steroid dienone is 2. The molecule has 0 fully saturated rings. The number of benzene rings is 1. The molecular formula is C21H23ClFN3O2S. The van der Waals surface area contributed by atoms with Crippen molar-refractivity contribution in [3.8, 4) is 0 Å². The average molecular weight is 436 g/mol. The number of halogens is 2. The van der Waals surface area contributed by atoms with Crippen LogP contribution in [0.25, 0.3) is 0 Å². The summed E-state index contributed by atoms with van der Waals surface area (Å²) in [6, 6.07) is 7.88. The molecule has 0 unspecified atom stereocenters. The molecule has 154 valence electrons. The molecule has 4 N–H and O–H groups in total. The molecule has 0 aliphatic heterocycles. The van der Waals surface area contributed by atoms with E-state index in [4.69, 9.17) is 22.4 Å². The maximum atomic E-state index is 13.4. The summed E-state index contributed by atoms with van der Waals surface area (Å²) < 4.78 is 13.4. The molecule has 0 amide bonds. The number of nitrogens with zero attached hydrogens (tertiary/aromatic N) is 1. The average Bonchev–Trinajstić information content (AvgIpc) is 3.10. The van der Waals surface area contributed by atoms with Crippen molar-refractivity contribution in [3.05, 3.63) is 74.5 Å². The third-order valence-electron chi connectivity index (χ3n) is 4.19. The second-order valence-electron chi connectivity index (χ2n) is 6.25. The van der Waals surface area contributed by atoms with Gasteiger partial charge in [-0.15, -0.1) is 11.3 Å². The van der Waals surface area contributed by atoms with E-state index in [1.54, 1.807) is 24.3 Å². The van der Waals surface area contributed by atoms with Gasteiger partial charge in [0.1, 0.15) is 11.7 Å². The van der Waals surface area contributed by atoms with Crippen LogP contribution >= 0.6 is 22.9 Å². The number of nitrogens with one attached hydrogen (secondary N) is 1. The predicted molar refractivity (Wildman–Crippen MR) is 118 cm³/mol. The third-order valence-corrected chi connectivity index (χ3v) is 5.40. The van der Waals surface area contributed by atoms with E-state index in [0.717, 1.165) is 28.9 Å². The van der Waals surface area contributed by atoms with E-state index in [9.17, 15) is 9.18 Å². The van der Waals surface area contributed by atoms with Crippen molar-refractivity contribution in [2.24, 2.45) is 10.7 Å². The van der Waals surface area contributed by atoms with Gasteiger partial charge in [-0.1, -0.05) is 38.1 Å². The Labute approximate surface area is 178 Å². The highest BCUT2D eigenvalue weighted by molar-refractivity contribution is 7.12. The van der Waals surface area contributed by atoms with Gasteiger partial charge in [0.25, 0.3) is 0 Å². The van der Waals surface area contributed by atoms with E-state index < -0.39 is 5.97 Å². The fourth-order valence-electron chi connectivity index (χ4n) is 2.67. The van der Waals surface area contributed by atoms with Crippen molar-refractivity contribution in [1.82, 2.24) is 0 Å². The first-order valence-electron chi connectivity index (χ1n) is 9.03. The maximum absolute atomic E-state index is 13.4. The van der Waals surface area contributed by atoms with Crippen LogP contribution in [0.5, 0.6) is 0 Å². The number of rotatable bonds is 9. The van der Waals surface area contributed by atoms with Crippen LogP contribution in [-0.4, -0.2) is 16.9 Å². The second kappa shape index (κ2) is 10.2. The fraction of sp³-hybridized carbons (Fsp3) is 0.238. The highest BCUT2D eigenvalue weighted by Gasteiger charge is 2.13. The number of amidine groups is 1. The lowest BCUT2D eigenvalue weighted by atomic mass is 10.0. The Hall–Kier alpha value is -2.64. The van der Waals surface area contributed by atoms with Crippen LogP contribution < -0.4 is 11.1 Å². The molecule has 0 saturated heterocycles. The molecule has 5 nitrogen and oxygen atoms in total. The lowest BCUT2D eigenvalue weighted by Crippen LogP contribution is -2.15. The number of thiophene rings is 1. The van der Waals surface area contributed by atoms with E-state index in [1.165, 1.54) is 6.07 Å². The molecule has 0 atom stereocenters.